The Kier molecular flexibility index (Phi) is 4.05. The summed E-state index contributed by atoms with van der Waals surface area (Å²) >= 11 is 0. The second-order valence-electron chi connectivity index (χ2n) is 5.68. The summed E-state index contributed by atoms with van der Waals surface area (Å²) in [6.45, 7) is 3.66. The minimum atomic E-state index is -0.732. The molecule has 2 heterocycles. The molecule has 0 radical (unpaired) electrons. The van der Waals surface area contributed by atoms with Crippen molar-refractivity contribution in [1.82, 2.24) is 15.1 Å². The van der Waals surface area contributed by atoms with E-state index >= 15 is 0 Å². The molecular formula is C16H21N3O2. The standard InChI is InChI=1S/C16H21N3O2/c1-13(17-11-16(20)7-8-21-12-16)14-9-18-19(10-14)15-5-3-2-4-6-15/h2-6,9-10,13,17,20H,7-8,11-12H2,1H3. The summed E-state index contributed by atoms with van der Waals surface area (Å²) in [4.78, 5) is 0. The number of benzene rings is 1. The van der Waals surface area contributed by atoms with Crippen LogP contribution in [-0.4, -0.2) is 40.2 Å². The van der Waals surface area contributed by atoms with Gasteiger partial charge in [-0.15, -0.1) is 0 Å². The lowest BCUT2D eigenvalue weighted by atomic mass is 10.0. The molecule has 5 nitrogen and oxygen atoms in total. The predicted octanol–water partition coefficient (Wildman–Crippen LogP) is 1.67. The molecule has 0 spiro atoms. The zero-order valence-electron chi connectivity index (χ0n) is 12.2. The zero-order chi connectivity index (χ0) is 14.7. The third-order valence-corrected chi connectivity index (χ3v) is 3.94. The van der Waals surface area contributed by atoms with Crippen LogP contribution in [0.25, 0.3) is 5.69 Å². The molecule has 2 unspecified atom stereocenters. The van der Waals surface area contributed by atoms with Crippen molar-refractivity contribution >= 4 is 0 Å². The third kappa shape index (κ3) is 3.32. The molecule has 5 heteroatoms. The molecule has 1 aromatic carbocycles. The molecular weight excluding hydrogens is 266 g/mol. The first kappa shape index (κ1) is 14.3. The number of aliphatic hydroxyl groups is 1. The van der Waals surface area contributed by atoms with E-state index in [-0.39, 0.29) is 6.04 Å². The Morgan fingerprint density at radius 2 is 2.24 bits per heavy atom. The Balaban J connectivity index is 1.63. The molecule has 2 N–H and O–H groups in total. The van der Waals surface area contributed by atoms with Gasteiger partial charge >= 0.3 is 0 Å². The van der Waals surface area contributed by atoms with Crippen molar-refractivity contribution in [2.75, 3.05) is 19.8 Å². The van der Waals surface area contributed by atoms with E-state index in [2.05, 4.69) is 17.3 Å². The molecule has 2 atom stereocenters. The van der Waals surface area contributed by atoms with E-state index in [9.17, 15) is 5.11 Å². The van der Waals surface area contributed by atoms with Crippen LogP contribution in [0.15, 0.2) is 42.7 Å². The van der Waals surface area contributed by atoms with Crippen LogP contribution < -0.4 is 5.32 Å². The fourth-order valence-corrected chi connectivity index (χ4v) is 2.48. The Morgan fingerprint density at radius 3 is 2.95 bits per heavy atom. The number of para-hydroxylation sites is 1. The van der Waals surface area contributed by atoms with Crippen molar-refractivity contribution in [3.8, 4) is 5.69 Å². The van der Waals surface area contributed by atoms with Crippen molar-refractivity contribution in [1.29, 1.82) is 0 Å². The van der Waals surface area contributed by atoms with Crippen molar-refractivity contribution in [2.45, 2.75) is 25.0 Å². The normalized spacial score (nSPS) is 23.3. The summed E-state index contributed by atoms with van der Waals surface area (Å²) in [5.41, 5.74) is 1.41. The molecule has 1 fully saturated rings. The Morgan fingerprint density at radius 1 is 1.43 bits per heavy atom. The summed E-state index contributed by atoms with van der Waals surface area (Å²) in [5.74, 6) is 0. The minimum absolute atomic E-state index is 0.132. The van der Waals surface area contributed by atoms with Gasteiger partial charge in [0.15, 0.2) is 0 Å². The van der Waals surface area contributed by atoms with Gasteiger partial charge in [0.1, 0.15) is 5.60 Å². The summed E-state index contributed by atoms with van der Waals surface area (Å²) < 4.78 is 7.12. The highest BCUT2D eigenvalue weighted by Crippen LogP contribution is 2.20. The predicted molar refractivity (Wildman–Crippen MR) is 80.4 cm³/mol. The maximum Gasteiger partial charge on any atom is 0.103 e. The summed E-state index contributed by atoms with van der Waals surface area (Å²) in [7, 11) is 0. The van der Waals surface area contributed by atoms with Gasteiger partial charge in [-0.3, -0.25) is 0 Å². The van der Waals surface area contributed by atoms with Gasteiger partial charge in [0.2, 0.25) is 0 Å². The first-order valence-electron chi connectivity index (χ1n) is 7.30. The second-order valence-corrected chi connectivity index (χ2v) is 5.68. The van der Waals surface area contributed by atoms with Crippen LogP contribution in [0.3, 0.4) is 0 Å². The molecule has 1 saturated heterocycles. The lowest BCUT2D eigenvalue weighted by molar-refractivity contribution is 0.0252. The van der Waals surface area contributed by atoms with Gasteiger partial charge in [-0.2, -0.15) is 5.10 Å². The van der Waals surface area contributed by atoms with E-state index in [0.29, 0.717) is 26.2 Å². The largest absolute Gasteiger partial charge is 0.386 e. The molecule has 112 valence electrons. The molecule has 3 rings (SSSR count). The number of nitrogens with zero attached hydrogens (tertiary/aromatic N) is 2. The van der Waals surface area contributed by atoms with Crippen LogP contribution in [0, 0.1) is 0 Å². The number of aromatic nitrogens is 2. The quantitative estimate of drug-likeness (QED) is 0.878. The molecule has 0 saturated carbocycles. The highest BCUT2D eigenvalue weighted by atomic mass is 16.5. The first-order chi connectivity index (χ1) is 10.2. The number of nitrogens with one attached hydrogen (secondary N) is 1. The van der Waals surface area contributed by atoms with E-state index in [1.807, 2.05) is 47.4 Å². The summed E-state index contributed by atoms with van der Waals surface area (Å²) in [6, 6.07) is 10.2. The van der Waals surface area contributed by atoms with Gasteiger partial charge in [-0.1, -0.05) is 18.2 Å². The Bertz CT molecular complexity index is 576. The number of hydrogen-bond acceptors (Lipinski definition) is 4. The van der Waals surface area contributed by atoms with E-state index in [1.54, 1.807) is 0 Å². The Hall–Kier alpha value is -1.69. The molecule has 1 aliphatic rings. The molecule has 2 aromatic rings. The number of rotatable bonds is 5. The smallest absolute Gasteiger partial charge is 0.103 e. The highest BCUT2D eigenvalue weighted by molar-refractivity contribution is 5.31. The van der Waals surface area contributed by atoms with E-state index in [1.165, 1.54) is 0 Å². The van der Waals surface area contributed by atoms with Gasteiger partial charge in [-0.25, -0.2) is 4.68 Å². The van der Waals surface area contributed by atoms with Crippen molar-refractivity contribution < 1.29 is 9.84 Å². The zero-order valence-corrected chi connectivity index (χ0v) is 12.2. The van der Waals surface area contributed by atoms with Gasteiger partial charge in [0.25, 0.3) is 0 Å². The van der Waals surface area contributed by atoms with Crippen molar-refractivity contribution in [3.63, 3.8) is 0 Å². The molecule has 0 amide bonds. The monoisotopic (exact) mass is 287 g/mol. The Labute approximate surface area is 124 Å². The SMILES string of the molecule is CC(NCC1(O)CCOC1)c1cnn(-c2ccccc2)c1. The number of hydrogen-bond donors (Lipinski definition) is 2. The van der Waals surface area contributed by atoms with Crippen LogP contribution in [-0.2, 0) is 4.74 Å². The molecule has 1 aromatic heterocycles. The fraction of sp³-hybridized carbons (Fsp3) is 0.438. The van der Waals surface area contributed by atoms with E-state index < -0.39 is 5.60 Å². The second kappa shape index (κ2) is 5.97. The molecule has 0 aliphatic carbocycles. The maximum atomic E-state index is 10.3. The van der Waals surface area contributed by atoms with Crippen LogP contribution >= 0.6 is 0 Å². The van der Waals surface area contributed by atoms with E-state index in [0.717, 1.165) is 11.3 Å². The molecule has 1 aliphatic heterocycles. The van der Waals surface area contributed by atoms with Crippen LogP contribution in [0.4, 0.5) is 0 Å². The third-order valence-electron chi connectivity index (χ3n) is 3.94. The lowest BCUT2D eigenvalue weighted by Gasteiger charge is -2.23. The topological polar surface area (TPSA) is 59.3 Å². The van der Waals surface area contributed by atoms with Crippen molar-refractivity contribution in [2.24, 2.45) is 0 Å². The summed E-state index contributed by atoms with van der Waals surface area (Å²) in [5, 5.41) is 18.0. The minimum Gasteiger partial charge on any atom is -0.386 e. The van der Waals surface area contributed by atoms with Gasteiger partial charge in [0.05, 0.1) is 18.5 Å². The van der Waals surface area contributed by atoms with Gasteiger partial charge < -0.3 is 15.2 Å². The van der Waals surface area contributed by atoms with E-state index in [4.69, 9.17) is 4.74 Å². The fourth-order valence-electron chi connectivity index (χ4n) is 2.48. The lowest BCUT2D eigenvalue weighted by Crippen LogP contribution is -2.41. The van der Waals surface area contributed by atoms with Gasteiger partial charge in [-0.05, 0) is 19.1 Å². The van der Waals surface area contributed by atoms with Crippen LogP contribution in [0.5, 0.6) is 0 Å². The first-order valence-corrected chi connectivity index (χ1v) is 7.30. The average molecular weight is 287 g/mol. The number of ether oxygens (including phenoxy) is 1. The summed E-state index contributed by atoms with van der Waals surface area (Å²) in [6.07, 6.45) is 4.57. The average Bonchev–Trinajstić information content (AvgIpc) is 3.16. The van der Waals surface area contributed by atoms with Crippen LogP contribution in [0.1, 0.15) is 24.9 Å². The molecule has 21 heavy (non-hydrogen) atoms. The highest BCUT2D eigenvalue weighted by Gasteiger charge is 2.32. The van der Waals surface area contributed by atoms with Crippen LogP contribution in [0.2, 0.25) is 0 Å². The van der Waals surface area contributed by atoms with Crippen molar-refractivity contribution in [3.05, 3.63) is 48.3 Å². The maximum absolute atomic E-state index is 10.3. The van der Waals surface area contributed by atoms with Gasteiger partial charge in [0, 0.05) is 37.4 Å². The molecule has 0 bridgehead atoms.